The summed E-state index contributed by atoms with van der Waals surface area (Å²) in [7, 11) is -1.52. The maximum atomic E-state index is 2.56. The second kappa shape index (κ2) is 6.08. The highest BCUT2D eigenvalue weighted by Gasteiger charge is 2.49. The van der Waals surface area contributed by atoms with E-state index in [9.17, 15) is 0 Å². The van der Waals surface area contributed by atoms with Crippen LogP contribution in [-0.4, -0.2) is 8.07 Å². The predicted octanol–water partition coefficient (Wildman–Crippen LogP) is 7.29. The maximum Gasteiger partial charge on any atom is 0.114 e. The molecule has 2 aromatic rings. The van der Waals surface area contributed by atoms with E-state index in [4.69, 9.17) is 0 Å². The van der Waals surface area contributed by atoms with Gasteiger partial charge in [-0.15, -0.1) is 0 Å². The monoisotopic (exact) mass is 397 g/mol. The Balaban J connectivity index is 1.75. The summed E-state index contributed by atoms with van der Waals surface area (Å²) in [5, 5.41) is 3.44. The SMILES string of the molecule is CC1=Cc2c(C(C)C)cc(C(C)C)cc2C1c1ccc2c3c1[Si](C)(C)C3=C(C)[CH]2. The summed E-state index contributed by atoms with van der Waals surface area (Å²) < 4.78 is 0. The van der Waals surface area contributed by atoms with Crippen LogP contribution in [0.4, 0.5) is 0 Å². The molecule has 2 aromatic carbocycles. The zero-order chi connectivity index (χ0) is 20.8. The summed E-state index contributed by atoms with van der Waals surface area (Å²) in [6.45, 7) is 19.1. The topological polar surface area (TPSA) is 0 Å². The molecule has 0 aromatic heterocycles. The fraction of sp³-hybridized carbons (Fsp3) is 0.393. The molecule has 1 atom stereocenters. The van der Waals surface area contributed by atoms with Gasteiger partial charge < -0.3 is 0 Å². The Bertz CT molecular complexity index is 1120. The number of benzene rings is 2. The third kappa shape index (κ3) is 2.43. The van der Waals surface area contributed by atoms with Gasteiger partial charge in [-0.25, -0.2) is 0 Å². The summed E-state index contributed by atoms with van der Waals surface area (Å²) >= 11 is 0. The molecule has 0 nitrogen and oxygen atoms in total. The minimum atomic E-state index is -1.52. The van der Waals surface area contributed by atoms with Crippen molar-refractivity contribution in [1.82, 2.24) is 0 Å². The second-order valence-corrected chi connectivity index (χ2v) is 14.8. The second-order valence-electron chi connectivity index (χ2n) is 10.6. The first-order valence-electron chi connectivity index (χ1n) is 11.2. The van der Waals surface area contributed by atoms with Crippen molar-refractivity contribution in [3.63, 3.8) is 0 Å². The van der Waals surface area contributed by atoms with Gasteiger partial charge in [-0.2, -0.15) is 0 Å². The Morgan fingerprint density at radius 1 is 0.897 bits per heavy atom. The average Bonchev–Trinajstić information content (AvgIpc) is 3.13. The highest BCUT2D eigenvalue weighted by Crippen LogP contribution is 2.51. The lowest BCUT2D eigenvalue weighted by Gasteiger charge is -2.42. The molecule has 149 valence electrons. The molecular formula is C28H33Si. The van der Waals surface area contributed by atoms with E-state index >= 15 is 0 Å². The van der Waals surface area contributed by atoms with Crippen molar-refractivity contribution >= 4 is 24.5 Å². The van der Waals surface area contributed by atoms with Crippen LogP contribution in [0.2, 0.25) is 13.1 Å². The first kappa shape index (κ1) is 19.1. The number of fused-ring (bicyclic) bond motifs is 1. The van der Waals surface area contributed by atoms with E-state index in [0.717, 1.165) is 0 Å². The molecule has 1 heteroatoms. The van der Waals surface area contributed by atoms with Gasteiger partial charge >= 0.3 is 0 Å². The van der Waals surface area contributed by atoms with Gasteiger partial charge in [-0.3, -0.25) is 0 Å². The zero-order valence-corrected chi connectivity index (χ0v) is 20.2. The van der Waals surface area contributed by atoms with Crippen LogP contribution in [0, 0.1) is 6.42 Å². The van der Waals surface area contributed by atoms with Crippen LogP contribution in [0.1, 0.15) is 98.2 Å². The van der Waals surface area contributed by atoms with Crippen molar-refractivity contribution in [3.05, 3.63) is 80.8 Å². The molecule has 0 saturated heterocycles. The largest absolute Gasteiger partial charge is 0.114 e. The van der Waals surface area contributed by atoms with Gasteiger partial charge in [-0.1, -0.05) is 82.3 Å². The van der Waals surface area contributed by atoms with Gasteiger partial charge in [0, 0.05) is 12.3 Å². The van der Waals surface area contributed by atoms with E-state index in [1.807, 2.05) is 0 Å². The summed E-state index contributed by atoms with van der Waals surface area (Å²) in [4.78, 5) is 0. The van der Waals surface area contributed by atoms with Gasteiger partial charge in [0.1, 0.15) is 8.07 Å². The molecule has 3 aliphatic rings. The molecule has 0 spiro atoms. The van der Waals surface area contributed by atoms with E-state index in [2.05, 4.69) is 91.4 Å². The lowest BCUT2D eigenvalue weighted by Crippen LogP contribution is -2.56. The smallest absolute Gasteiger partial charge is 0.0646 e. The predicted molar refractivity (Wildman–Crippen MR) is 130 cm³/mol. The molecular weight excluding hydrogens is 364 g/mol. The third-order valence-electron chi connectivity index (χ3n) is 7.54. The van der Waals surface area contributed by atoms with Crippen molar-refractivity contribution in [2.75, 3.05) is 0 Å². The fourth-order valence-corrected chi connectivity index (χ4v) is 10.1. The average molecular weight is 398 g/mol. The standard InChI is InChI=1S/C28H33Si/c1-15(2)20-13-22(16(3)4)23-12-17(5)25(24(23)14-20)21-10-9-19-11-18(6)27-26(19)28(21)29(27,7)8/h9-16,25H,1-8H3. The molecule has 1 radical (unpaired) electrons. The number of rotatable bonds is 3. The van der Waals surface area contributed by atoms with Crippen LogP contribution in [0.5, 0.6) is 0 Å². The molecule has 0 N–H and O–H groups in total. The zero-order valence-electron chi connectivity index (χ0n) is 19.2. The van der Waals surface area contributed by atoms with E-state index in [-0.39, 0.29) is 0 Å². The lowest BCUT2D eigenvalue weighted by molar-refractivity contribution is 0.823. The molecule has 0 amide bonds. The van der Waals surface area contributed by atoms with Crippen molar-refractivity contribution in [2.45, 2.75) is 72.4 Å². The van der Waals surface area contributed by atoms with Crippen LogP contribution in [0.25, 0.3) is 11.3 Å². The lowest BCUT2D eigenvalue weighted by atomic mass is 9.83. The van der Waals surface area contributed by atoms with Crippen molar-refractivity contribution in [1.29, 1.82) is 0 Å². The molecule has 0 bridgehead atoms. The first-order valence-corrected chi connectivity index (χ1v) is 14.2. The molecule has 0 saturated carbocycles. The van der Waals surface area contributed by atoms with E-state index in [1.165, 1.54) is 33.4 Å². The Hall–Kier alpha value is -1.86. The fourth-order valence-electron chi connectivity index (χ4n) is 6.22. The molecule has 1 aliphatic heterocycles. The Morgan fingerprint density at radius 2 is 1.62 bits per heavy atom. The number of hydrogen-bond acceptors (Lipinski definition) is 0. The van der Waals surface area contributed by atoms with Gasteiger partial charge in [0.05, 0.1) is 0 Å². The number of allylic oxidation sites excluding steroid dienone is 2. The summed E-state index contributed by atoms with van der Waals surface area (Å²) in [5.74, 6) is 1.54. The first-order chi connectivity index (χ1) is 13.6. The minimum Gasteiger partial charge on any atom is -0.0646 e. The number of hydrogen-bond donors (Lipinski definition) is 0. The summed E-state index contributed by atoms with van der Waals surface area (Å²) in [6, 6.07) is 9.83. The molecule has 0 fully saturated rings. The van der Waals surface area contributed by atoms with Crippen molar-refractivity contribution < 1.29 is 0 Å². The van der Waals surface area contributed by atoms with Gasteiger partial charge in [0.25, 0.3) is 0 Å². The van der Waals surface area contributed by atoms with Gasteiger partial charge in [0.2, 0.25) is 0 Å². The van der Waals surface area contributed by atoms with Crippen LogP contribution < -0.4 is 5.19 Å². The normalized spacial score (nSPS) is 20.9. The highest BCUT2D eigenvalue weighted by atomic mass is 28.3. The molecule has 2 aliphatic carbocycles. The van der Waals surface area contributed by atoms with Crippen molar-refractivity contribution in [2.24, 2.45) is 0 Å². The van der Waals surface area contributed by atoms with Crippen LogP contribution in [-0.2, 0) is 0 Å². The molecule has 1 heterocycles. The van der Waals surface area contributed by atoms with E-state index in [1.54, 1.807) is 27.1 Å². The Kier molecular flexibility index (Phi) is 4.01. The van der Waals surface area contributed by atoms with Gasteiger partial charge in [0.15, 0.2) is 0 Å². The highest BCUT2D eigenvalue weighted by molar-refractivity contribution is 7.11. The maximum absolute atomic E-state index is 2.56. The minimum absolute atomic E-state index is 0.427. The van der Waals surface area contributed by atoms with Crippen LogP contribution >= 0.6 is 0 Å². The Labute approximate surface area is 177 Å². The molecule has 1 unspecified atom stereocenters. The van der Waals surface area contributed by atoms with Crippen LogP contribution in [0.3, 0.4) is 0 Å². The van der Waals surface area contributed by atoms with Crippen LogP contribution in [0.15, 0.2) is 35.4 Å². The molecule has 5 rings (SSSR count). The Morgan fingerprint density at radius 3 is 2.28 bits per heavy atom. The van der Waals surface area contributed by atoms with E-state index in [0.29, 0.717) is 17.8 Å². The van der Waals surface area contributed by atoms with Crippen molar-refractivity contribution in [3.8, 4) is 0 Å². The third-order valence-corrected chi connectivity index (χ3v) is 11.2. The summed E-state index contributed by atoms with van der Waals surface area (Å²) in [6.07, 6.45) is 4.90. The quantitative estimate of drug-likeness (QED) is 0.477. The van der Waals surface area contributed by atoms with Gasteiger partial charge in [-0.05, 0) is 75.0 Å². The summed E-state index contributed by atoms with van der Waals surface area (Å²) in [5.41, 5.74) is 13.7. The molecule has 29 heavy (non-hydrogen) atoms. The van der Waals surface area contributed by atoms with E-state index < -0.39 is 8.07 Å².